The molecule has 0 radical (unpaired) electrons. The van der Waals surface area contributed by atoms with Gasteiger partial charge in [-0.1, -0.05) is 30.3 Å². The Bertz CT molecular complexity index is 838. The van der Waals surface area contributed by atoms with Crippen LogP contribution in [-0.4, -0.2) is 47.2 Å². The highest BCUT2D eigenvalue weighted by atomic mass is 32.2. The molecular formula is C19H24N2O4S. The van der Waals surface area contributed by atoms with Crippen molar-refractivity contribution < 1.29 is 17.9 Å². The first kappa shape index (κ1) is 18.7. The lowest BCUT2D eigenvalue weighted by molar-refractivity contribution is 0.297. The Morgan fingerprint density at radius 2 is 1.73 bits per heavy atom. The van der Waals surface area contributed by atoms with Gasteiger partial charge in [-0.25, -0.2) is 13.1 Å². The second kappa shape index (κ2) is 8.07. The Labute approximate surface area is 154 Å². The first-order valence-electron chi connectivity index (χ1n) is 8.57. The zero-order valence-electron chi connectivity index (χ0n) is 15.0. The van der Waals surface area contributed by atoms with Crippen molar-refractivity contribution >= 4 is 10.0 Å². The average molecular weight is 376 g/mol. The van der Waals surface area contributed by atoms with Crippen LogP contribution in [0.3, 0.4) is 0 Å². The quantitative estimate of drug-likeness (QED) is 0.839. The predicted molar refractivity (Wildman–Crippen MR) is 100 cm³/mol. The van der Waals surface area contributed by atoms with Gasteiger partial charge in [-0.05, 0) is 31.8 Å². The largest absolute Gasteiger partial charge is 0.490 e. The van der Waals surface area contributed by atoms with Gasteiger partial charge in [-0.2, -0.15) is 0 Å². The number of rotatable bonds is 6. The van der Waals surface area contributed by atoms with Gasteiger partial charge in [0.05, 0.1) is 24.2 Å². The van der Waals surface area contributed by atoms with Gasteiger partial charge in [-0.15, -0.1) is 0 Å². The summed E-state index contributed by atoms with van der Waals surface area (Å²) in [5.41, 5.74) is 0.916. The van der Waals surface area contributed by atoms with Gasteiger partial charge in [0.25, 0.3) is 0 Å². The number of nitrogens with zero attached hydrogens (tertiary/aromatic N) is 1. The molecule has 7 heteroatoms. The van der Waals surface area contributed by atoms with Crippen LogP contribution in [0.2, 0.25) is 0 Å². The van der Waals surface area contributed by atoms with Crippen LogP contribution < -0.4 is 14.2 Å². The second-order valence-corrected chi connectivity index (χ2v) is 8.22. The molecule has 1 aliphatic heterocycles. The minimum Gasteiger partial charge on any atom is -0.490 e. The summed E-state index contributed by atoms with van der Waals surface area (Å²) in [4.78, 5) is 2.12. The molecule has 1 aliphatic rings. The summed E-state index contributed by atoms with van der Waals surface area (Å²) in [7, 11) is 0.118. The van der Waals surface area contributed by atoms with Gasteiger partial charge in [0.1, 0.15) is 0 Å². The molecule has 26 heavy (non-hydrogen) atoms. The topological polar surface area (TPSA) is 67.9 Å². The Morgan fingerprint density at radius 3 is 2.42 bits per heavy atom. The highest BCUT2D eigenvalue weighted by molar-refractivity contribution is 7.89. The van der Waals surface area contributed by atoms with Crippen molar-refractivity contribution in [1.29, 1.82) is 0 Å². The number of benzene rings is 2. The maximum Gasteiger partial charge on any atom is 0.241 e. The molecular weight excluding hydrogens is 352 g/mol. The van der Waals surface area contributed by atoms with Crippen LogP contribution in [0.25, 0.3) is 0 Å². The number of hydrogen-bond acceptors (Lipinski definition) is 5. The Morgan fingerprint density at radius 1 is 1.04 bits per heavy atom. The maximum atomic E-state index is 12.9. The summed E-state index contributed by atoms with van der Waals surface area (Å²) in [6, 6.07) is 13.9. The summed E-state index contributed by atoms with van der Waals surface area (Å²) in [5, 5.41) is 0. The van der Waals surface area contributed by atoms with Crippen LogP contribution in [0.1, 0.15) is 18.0 Å². The van der Waals surface area contributed by atoms with Gasteiger partial charge < -0.3 is 14.4 Å². The monoisotopic (exact) mass is 376 g/mol. The normalized spacial score (nSPS) is 15.5. The molecule has 0 fully saturated rings. The van der Waals surface area contributed by atoms with Crippen molar-refractivity contribution in [3.05, 3.63) is 54.1 Å². The van der Waals surface area contributed by atoms with E-state index in [0.29, 0.717) is 31.3 Å². The molecule has 1 atom stereocenters. The Balaban J connectivity index is 1.87. The van der Waals surface area contributed by atoms with Crippen molar-refractivity contribution in [3.63, 3.8) is 0 Å². The van der Waals surface area contributed by atoms with Crippen molar-refractivity contribution in [2.75, 3.05) is 33.9 Å². The predicted octanol–water partition coefficient (Wildman–Crippen LogP) is 2.43. The number of ether oxygens (including phenoxy) is 2. The van der Waals surface area contributed by atoms with Crippen LogP contribution in [0.4, 0.5) is 0 Å². The molecule has 1 unspecified atom stereocenters. The fourth-order valence-electron chi connectivity index (χ4n) is 2.83. The third-order valence-electron chi connectivity index (χ3n) is 4.08. The highest BCUT2D eigenvalue weighted by Crippen LogP contribution is 2.32. The van der Waals surface area contributed by atoms with E-state index >= 15 is 0 Å². The highest BCUT2D eigenvalue weighted by Gasteiger charge is 2.24. The lowest BCUT2D eigenvalue weighted by Gasteiger charge is -2.23. The summed E-state index contributed by atoms with van der Waals surface area (Å²) in [6.07, 6.45) is 0.772. The van der Waals surface area contributed by atoms with E-state index in [4.69, 9.17) is 9.47 Å². The van der Waals surface area contributed by atoms with Gasteiger partial charge in [0, 0.05) is 19.0 Å². The van der Waals surface area contributed by atoms with Gasteiger partial charge in [0.15, 0.2) is 11.5 Å². The standard InChI is InChI=1S/C19H24N2O4S/c1-21(2)14-17(15-7-4-3-5-8-15)20-26(22,23)16-9-10-18-19(13-16)25-12-6-11-24-18/h3-5,7-10,13,17,20H,6,11-12,14H2,1-2H3. The number of sulfonamides is 1. The second-order valence-electron chi connectivity index (χ2n) is 6.51. The molecule has 0 aliphatic carbocycles. The van der Waals surface area contributed by atoms with Crippen LogP contribution in [0.15, 0.2) is 53.4 Å². The molecule has 0 amide bonds. The van der Waals surface area contributed by atoms with E-state index < -0.39 is 10.0 Å². The zero-order valence-corrected chi connectivity index (χ0v) is 15.8. The lowest BCUT2D eigenvalue weighted by Crippen LogP contribution is -2.35. The van der Waals surface area contributed by atoms with Crippen LogP contribution in [-0.2, 0) is 10.0 Å². The van der Waals surface area contributed by atoms with Crippen LogP contribution >= 0.6 is 0 Å². The molecule has 2 aromatic rings. The van der Waals surface area contributed by atoms with Crippen LogP contribution in [0, 0.1) is 0 Å². The first-order valence-corrected chi connectivity index (χ1v) is 10.1. The van der Waals surface area contributed by atoms with E-state index in [1.807, 2.05) is 49.3 Å². The van der Waals surface area contributed by atoms with Gasteiger partial charge in [-0.3, -0.25) is 0 Å². The summed E-state index contributed by atoms with van der Waals surface area (Å²) < 4.78 is 39.9. The molecule has 0 spiro atoms. The fraction of sp³-hybridized carbons (Fsp3) is 0.368. The molecule has 0 bridgehead atoms. The minimum absolute atomic E-state index is 0.168. The molecule has 1 heterocycles. The lowest BCUT2D eigenvalue weighted by atomic mass is 10.1. The summed E-state index contributed by atoms with van der Waals surface area (Å²) in [6.45, 7) is 1.63. The molecule has 3 rings (SSSR count). The maximum absolute atomic E-state index is 12.9. The van der Waals surface area contributed by atoms with E-state index in [0.717, 1.165) is 12.0 Å². The van der Waals surface area contributed by atoms with Crippen LogP contribution in [0.5, 0.6) is 11.5 Å². The Kier molecular flexibility index (Phi) is 5.80. The van der Waals surface area contributed by atoms with Crippen molar-refractivity contribution in [3.8, 4) is 11.5 Å². The zero-order chi connectivity index (χ0) is 18.6. The van der Waals surface area contributed by atoms with Crippen molar-refractivity contribution in [1.82, 2.24) is 9.62 Å². The van der Waals surface area contributed by atoms with E-state index in [2.05, 4.69) is 4.72 Å². The molecule has 2 aromatic carbocycles. The number of hydrogen-bond donors (Lipinski definition) is 1. The number of fused-ring (bicyclic) bond motifs is 1. The van der Waals surface area contributed by atoms with E-state index in [1.165, 1.54) is 6.07 Å². The van der Waals surface area contributed by atoms with E-state index in [9.17, 15) is 8.42 Å². The fourth-order valence-corrected chi connectivity index (χ4v) is 4.06. The molecule has 140 valence electrons. The van der Waals surface area contributed by atoms with E-state index in [1.54, 1.807) is 12.1 Å². The third kappa shape index (κ3) is 4.55. The third-order valence-corrected chi connectivity index (χ3v) is 5.55. The summed E-state index contributed by atoms with van der Waals surface area (Å²) in [5.74, 6) is 1.04. The molecule has 0 saturated heterocycles. The minimum atomic E-state index is -3.71. The van der Waals surface area contributed by atoms with Crippen molar-refractivity contribution in [2.45, 2.75) is 17.4 Å². The number of likely N-dealkylation sites (N-methyl/N-ethyl adjacent to an activating group) is 1. The molecule has 0 aromatic heterocycles. The van der Waals surface area contributed by atoms with Gasteiger partial charge >= 0.3 is 0 Å². The summed E-state index contributed by atoms with van der Waals surface area (Å²) >= 11 is 0. The number of nitrogens with one attached hydrogen (secondary N) is 1. The molecule has 0 saturated carbocycles. The Hall–Kier alpha value is -2.09. The molecule has 6 nitrogen and oxygen atoms in total. The SMILES string of the molecule is CN(C)CC(NS(=O)(=O)c1ccc2c(c1)OCCCO2)c1ccccc1. The molecule has 1 N–H and O–H groups in total. The average Bonchev–Trinajstić information content (AvgIpc) is 2.86. The van der Waals surface area contributed by atoms with E-state index in [-0.39, 0.29) is 10.9 Å². The first-order chi connectivity index (χ1) is 12.5. The smallest absolute Gasteiger partial charge is 0.241 e. The van der Waals surface area contributed by atoms with Gasteiger partial charge in [0.2, 0.25) is 10.0 Å². The van der Waals surface area contributed by atoms with Crippen molar-refractivity contribution in [2.24, 2.45) is 0 Å².